The first-order valence-electron chi connectivity index (χ1n) is 8.69. The van der Waals surface area contributed by atoms with Crippen LogP contribution in [0.1, 0.15) is 62.6 Å². The van der Waals surface area contributed by atoms with Gasteiger partial charge in [0.15, 0.2) is 0 Å². The molecule has 1 aromatic rings. The van der Waals surface area contributed by atoms with E-state index in [9.17, 15) is 22.5 Å². The number of alkyl halides is 3. The number of phosphoric ester groups is 1. The van der Waals surface area contributed by atoms with E-state index in [1.54, 1.807) is 0 Å². The van der Waals surface area contributed by atoms with Crippen molar-refractivity contribution < 1.29 is 36.8 Å². The Morgan fingerprint density at radius 1 is 1.15 bits per heavy atom. The summed E-state index contributed by atoms with van der Waals surface area (Å²) < 4.78 is 53.3. The van der Waals surface area contributed by atoms with Crippen LogP contribution in [0.25, 0.3) is 0 Å². The van der Waals surface area contributed by atoms with Crippen LogP contribution in [-0.4, -0.2) is 22.3 Å². The number of hydrogen-bond acceptors (Lipinski definition) is 3. The van der Waals surface area contributed by atoms with Crippen LogP contribution >= 0.6 is 7.82 Å². The Hall–Kier alpha value is -1.41. The second-order valence-corrected chi connectivity index (χ2v) is 7.43. The Labute approximate surface area is 156 Å². The first-order valence-corrected chi connectivity index (χ1v) is 10.2. The van der Waals surface area contributed by atoms with Gasteiger partial charge in [-0.2, -0.15) is 13.2 Å². The predicted octanol–water partition coefficient (Wildman–Crippen LogP) is 4.33. The molecule has 0 aromatic heterocycles. The van der Waals surface area contributed by atoms with Gasteiger partial charge in [-0.15, -0.1) is 0 Å². The summed E-state index contributed by atoms with van der Waals surface area (Å²) in [5.74, 6) is -0.356. The molecule has 0 fully saturated rings. The fourth-order valence-corrected chi connectivity index (χ4v) is 2.80. The van der Waals surface area contributed by atoms with Gasteiger partial charge in [0.05, 0.1) is 18.2 Å². The second-order valence-electron chi connectivity index (χ2n) is 6.19. The molecule has 1 rings (SSSR count). The van der Waals surface area contributed by atoms with E-state index >= 15 is 0 Å². The van der Waals surface area contributed by atoms with Crippen LogP contribution in [0.3, 0.4) is 0 Å². The van der Waals surface area contributed by atoms with Crippen molar-refractivity contribution in [1.82, 2.24) is 5.32 Å². The van der Waals surface area contributed by atoms with Gasteiger partial charge in [0.25, 0.3) is 0 Å². The lowest BCUT2D eigenvalue weighted by atomic mass is 10.0. The Kier molecular flexibility index (Phi) is 9.45. The number of nitrogens with one attached hydrogen (secondary N) is 1. The number of phosphoric acid groups is 1. The number of benzene rings is 1. The molecule has 3 N–H and O–H groups in total. The van der Waals surface area contributed by atoms with Crippen molar-refractivity contribution in [2.24, 2.45) is 0 Å². The normalized spacial score (nSPS) is 13.4. The van der Waals surface area contributed by atoms with Crippen LogP contribution < -0.4 is 5.32 Å². The molecule has 0 saturated carbocycles. The molecule has 0 aliphatic carbocycles. The third-order valence-corrected chi connectivity index (χ3v) is 4.38. The highest BCUT2D eigenvalue weighted by Crippen LogP contribution is 2.37. The molecule has 0 heterocycles. The SMILES string of the molecule is CCCCCCCC(=O)NC(COP(=O)(O)O)c1ccc(C(F)(F)F)cc1. The van der Waals surface area contributed by atoms with E-state index in [1.807, 2.05) is 0 Å². The van der Waals surface area contributed by atoms with Gasteiger partial charge in [-0.3, -0.25) is 9.32 Å². The molecular weight excluding hydrogens is 386 g/mol. The molecule has 0 radical (unpaired) electrons. The van der Waals surface area contributed by atoms with E-state index in [2.05, 4.69) is 16.8 Å². The summed E-state index contributed by atoms with van der Waals surface area (Å²) >= 11 is 0. The molecule has 0 aliphatic heterocycles. The van der Waals surface area contributed by atoms with E-state index in [-0.39, 0.29) is 17.9 Å². The first-order chi connectivity index (χ1) is 12.5. The Morgan fingerprint density at radius 2 is 1.74 bits per heavy atom. The molecule has 1 aromatic carbocycles. The summed E-state index contributed by atoms with van der Waals surface area (Å²) in [5, 5.41) is 2.57. The topological polar surface area (TPSA) is 95.9 Å². The maximum Gasteiger partial charge on any atom is 0.469 e. The Morgan fingerprint density at radius 3 is 2.26 bits per heavy atom. The van der Waals surface area contributed by atoms with Crippen LogP contribution in [0, 0.1) is 0 Å². The molecule has 1 atom stereocenters. The summed E-state index contributed by atoms with van der Waals surface area (Å²) in [4.78, 5) is 29.8. The fraction of sp³-hybridized carbons (Fsp3) is 0.588. The number of rotatable bonds is 11. The van der Waals surface area contributed by atoms with Gasteiger partial charge in [0.2, 0.25) is 5.91 Å². The van der Waals surface area contributed by atoms with Gasteiger partial charge in [-0.25, -0.2) is 4.57 Å². The molecule has 6 nitrogen and oxygen atoms in total. The molecular formula is C17H25F3NO5P. The van der Waals surface area contributed by atoms with Gasteiger partial charge in [0.1, 0.15) is 0 Å². The van der Waals surface area contributed by atoms with Crippen molar-refractivity contribution in [3.05, 3.63) is 35.4 Å². The van der Waals surface area contributed by atoms with E-state index in [4.69, 9.17) is 9.79 Å². The smallest absolute Gasteiger partial charge is 0.347 e. The van der Waals surface area contributed by atoms with E-state index in [1.165, 1.54) is 0 Å². The fourth-order valence-electron chi connectivity index (χ4n) is 2.45. The number of hydrogen-bond donors (Lipinski definition) is 3. The number of carbonyl (C=O) groups excluding carboxylic acids is 1. The molecule has 10 heteroatoms. The molecule has 154 valence electrons. The lowest BCUT2D eigenvalue weighted by molar-refractivity contribution is -0.137. The summed E-state index contributed by atoms with van der Waals surface area (Å²) in [6.07, 6.45) is 0.409. The minimum absolute atomic E-state index is 0.219. The minimum Gasteiger partial charge on any atom is -0.347 e. The van der Waals surface area contributed by atoms with Crippen LogP contribution in [0.2, 0.25) is 0 Å². The molecule has 0 bridgehead atoms. The second kappa shape index (κ2) is 10.8. The number of halogens is 3. The molecule has 1 unspecified atom stereocenters. The third-order valence-electron chi connectivity index (χ3n) is 3.89. The minimum atomic E-state index is -4.78. The highest BCUT2D eigenvalue weighted by atomic mass is 31.2. The van der Waals surface area contributed by atoms with Crippen molar-refractivity contribution in [3.63, 3.8) is 0 Å². The summed E-state index contributed by atoms with van der Waals surface area (Å²) in [6, 6.07) is 3.02. The predicted molar refractivity (Wildman–Crippen MR) is 93.7 cm³/mol. The van der Waals surface area contributed by atoms with Crippen LogP contribution in [0.15, 0.2) is 24.3 Å². The molecule has 0 spiro atoms. The van der Waals surface area contributed by atoms with Gasteiger partial charge in [0, 0.05) is 6.42 Å². The quantitative estimate of drug-likeness (QED) is 0.372. The maximum atomic E-state index is 12.7. The summed E-state index contributed by atoms with van der Waals surface area (Å²) in [7, 11) is -4.78. The number of unbranched alkanes of at least 4 members (excludes halogenated alkanes) is 4. The van der Waals surface area contributed by atoms with Gasteiger partial charge in [-0.1, -0.05) is 44.7 Å². The lowest BCUT2D eigenvalue weighted by Gasteiger charge is -2.20. The van der Waals surface area contributed by atoms with E-state index < -0.39 is 32.2 Å². The van der Waals surface area contributed by atoms with Crippen LogP contribution in [-0.2, 0) is 20.1 Å². The third kappa shape index (κ3) is 9.91. The van der Waals surface area contributed by atoms with E-state index in [0.29, 0.717) is 6.42 Å². The first kappa shape index (κ1) is 23.6. The Bertz CT molecular complexity index is 630. The summed E-state index contributed by atoms with van der Waals surface area (Å²) in [5.41, 5.74) is -0.598. The molecule has 1 amide bonds. The average molecular weight is 411 g/mol. The van der Waals surface area contributed by atoms with Crippen molar-refractivity contribution in [3.8, 4) is 0 Å². The van der Waals surface area contributed by atoms with Gasteiger partial charge in [-0.05, 0) is 24.1 Å². The van der Waals surface area contributed by atoms with E-state index in [0.717, 1.165) is 49.9 Å². The van der Waals surface area contributed by atoms with Crippen molar-refractivity contribution in [1.29, 1.82) is 0 Å². The zero-order valence-electron chi connectivity index (χ0n) is 15.0. The van der Waals surface area contributed by atoms with Crippen LogP contribution in [0.4, 0.5) is 13.2 Å². The lowest BCUT2D eigenvalue weighted by Crippen LogP contribution is -2.31. The van der Waals surface area contributed by atoms with Gasteiger partial charge >= 0.3 is 14.0 Å². The highest BCUT2D eigenvalue weighted by Gasteiger charge is 2.30. The largest absolute Gasteiger partial charge is 0.469 e. The van der Waals surface area contributed by atoms with Crippen molar-refractivity contribution in [2.75, 3.05) is 6.61 Å². The number of amides is 1. The van der Waals surface area contributed by atoms with Crippen LogP contribution in [0.5, 0.6) is 0 Å². The van der Waals surface area contributed by atoms with Gasteiger partial charge < -0.3 is 15.1 Å². The zero-order chi connectivity index (χ0) is 20.5. The molecule has 0 saturated heterocycles. The standard InChI is InChI=1S/C17H25F3NO5P/c1-2-3-4-5-6-7-16(22)21-15(12-26-27(23,24)25)13-8-10-14(11-9-13)17(18,19)20/h8-11,15H,2-7,12H2,1H3,(H,21,22)(H2,23,24,25). The Balaban J connectivity index is 2.75. The van der Waals surface area contributed by atoms with Crippen molar-refractivity contribution >= 4 is 13.7 Å². The number of carbonyl (C=O) groups is 1. The molecule has 27 heavy (non-hydrogen) atoms. The summed E-state index contributed by atoms with van der Waals surface area (Å²) in [6.45, 7) is 1.51. The van der Waals surface area contributed by atoms with Crippen molar-refractivity contribution in [2.45, 2.75) is 57.7 Å². The maximum absolute atomic E-state index is 12.7. The average Bonchev–Trinajstić information content (AvgIpc) is 2.57. The zero-order valence-corrected chi connectivity index (χ0v) is 15.9. The highest BCUT2D eigenvalue weighted by molar-refractivity contribution is 7.46. The molecule has 0 aliphatic rings. The monoisotopic (exact) mass is 411 g/mol.